The highest BCUT2D eigenvalue weighted by molar-refractivity contribution is 7.99. The van der Waals surface area contributed by atoms with Crippen LogP contribution in [0.1, 0.15) is 15.9 Å². The fourth-order valence-electron chi connectivity index (χ4n) is 2.46. The Hall–Kier alpha value is -1.24. The average molecular weight is 402 g/mol. The topological polar surface area (TPSA) is 61.0 Å². The van der Waals surface area contributed by atoms with E-state index in [9.17, 15) is 4.79 Å². The van der Waals surface area contributed by atoms with Crippen LogP contribution in [-0.2, 0) is 6.42 Å². The number of ketones is 1. The van der Waals surface area contributed by atoms with E-state index in [-0.39, 0.29) is 23.7 Å². The van der Waals surface area contributed by atoms with Gasteiger partial charge in [0.15, 0.2) is 5.78 Å². The molecule has 0 unspecified atom stereocenters. The fraction of sp³-hybridized carbons (Fsp3) is 0.278. The zero-order valence-corrected chi connectivity index (χ0v) is 16.4. The molecule has 0 spiro atoms. The number of rotatable bonds is 4. The third kappa shape index (κ3) is 5.12. The van der Waals surface area contributed by atoms with Crippen LogP contribution in [0.4, 0.5) is 0 Å². The number of Topliss-reactive ketones (excluding diaryl/α,β-unsaturated/α-hetero) is 1. The third-order valence-electron chi connectivity index (χ3n) is 3.66. The maximum Gasteiger partial charge on any atom is 0.168 e. The first-order valence-electron chi connectivity index (χ1n) is 7.44. The number of ether oxygens (including phenoxy) is 1. The van der Waals surface area contributed by atoms with Gasteiger partial charge in [0.1, 0.15) is 12.4 Å². The summed E-state index contributed by atoms with van der Waals surface area (Å²) < 4.78 is 5.92. The van der Waals surface area contributed by atoms with Gasteiger partial charge >= 0.3 is 0 Å². The molecule has 136 valence electrons. The number of carbonyl (C=O) groups is 1. The molecule has 25 heavy (non-hydrogen) atoms. The SMILES string of the molecule is CN(C)CCOc1cccc2c1Sc1ccc(Cl)cc1CC2=O.Cl.O. The summed E-state index contributed by atoms with van der Waals surface area (Å²) in [7, 11) is 4.01. The van der Waals surface area contributed by atoms with E-state index in [0.717, 1.165) is 33.2 Å². The summed E-state index contributed by atoms with van der Waals surface area (Å²) in [6.07, 6.45) is 0.372. The van der Waals surface area contributed by atoms with Crippen LogP contribution in [-0.4, -0.2) is 43.4 Å². The largest absolute Gasteiger partial charge is 0.491 e. The van der Waals surface area contributed by atoms with Gasteiger partial charge in [0.05, 0.1) is 4.90 Å². The molecule has 0 radical (unpaired) electrons. The van der Waals surface area contributed by atoms with Crippen LogP contribution < -0.4 is 4.74 Å². The van der Waals surface area contributed by atoms with Crippen molar-refractivity contribution in [2.75, 3.05) is 27.2 Å². The van der Waals surface area contributed by atoms with Gasteiger partial charge in [-0.1, -0.05) is 29.4 Å². The summed E-state index contributed by atoms with van der Waals surface area (Å²) in [5, 5.41) is 0.658. The summed E-state index contributed by atoms with van der Waals surface area (Å²) in [5.41, 5.74) is 1.70. The first kappa shape index (κ1) is 21.8. The number of fused-ring (bicyclic) bond motifs is 2. The number of carbonyl (C=O) groups excluding carboxylic acids is 1. The third-order valence-corrected chi connectivity index (χ3v) is 5.14. The molecule has 1 aliphatic rings. The molecule has 2 N–H and O–H groups in total. The molecule has 0 saturated heterocycles. The smallest absolute Gasteiger partial charge is 0.168 e. The number of nitrogens with zero attached hydrogens (tertiary/aromatic N) is 1. The average Bonchev–Trinajstić information content (AvgIpc) is 2.63. The molecule has 4 nitrogen and oxygen atoms in total. The van der Waals surface area contributed by atoms with Crippen LogP contribution in [0.15, 0.2) is 46.2 Å². The number of hydrogen-bond donors (Lipinski definition) is 0. The summed E-state index contributed by atoms with van der Waals surface area (Å²) >= 11 is 7.65. The highest BCUT2D eigenvalue weighted by atomic mass is 35.5. The molecule has 7 heteroatoms. The van der Waals surface area contributed by atoms with Crippen LogP contribution in [0, 0.1) is 0 Å². The fourth-order valence-corrected chi connectivity index (χ4v) is 3.79. The molecule has 1 heterocycles. The standard InChI is InChI=1S/C18H18ClNO2S.ClH.H2O/c1-20(2)8-9-22-16-5-3-4-14-15(21)11-12-10-13(19)6-7-17(12)23-18(14)16;;/h3-7,10H,8-9,11H2,1-2H3;1H;1H2. The van der Waals surface area contributed by atoms with Crippen molar-refractivity contribution < 1.29 is 15.0 Å². The lowest BCUT2D eigenvalue weighted by Crippen LogP contribution is -2.19. The van der Waals surface area contributed by atoms with Crippen molar-refractivity contribution in [3.63, 3.8) is 0 Å². The predicted molar refractivity (Wildman–Crippen MR) is 105 cm³/mol. The van der Waals surface area contributed by atoms with Gasteiger partial charge in [0.25, 0.3) is 0 Å². The normalized spacial score (nSPS) is 12.4. The molecule has 2 aromatic carbocycles. The van der Waals surface area contributed by atoms with Gasteiger partial charge in [-0.2, -0.15) is 0 Å². The van der Waals surface area contributed by atoms with E-state index in [0.29, 0.717) is 18.1 Å². The zero-order chi connectivity index (χ0) is 16.4. The van der Waals surface area contributed by atoms with E-state index in [1.807, 2.05) is 50.5 Å². The minimum Gasteiger partial charge on any atom is -0.491 e. The van der Waals surface area contributed by atoms with E-state index >= 15 is 0 Å². The molecule has 0 saturated carbocycles. The second-order valence-corrected chi connectivity index (χ2v) is 7.23. The van der Waals surface area contributed by atoms with E-state index in [1.54, 1.807) is 11.8 Å². The maximum absolute atomic E-state index is 12.6. The summed E-state index contributed by atoms with van der Waals surface area (Å²) in [5.74, 6) is 0.872. The Kier molecular flexibility index (Phi) is 8.25. The lowest BCUT2D eigenvalue weighted by atomic mass is 10.0. The molecular weight excluding hydrogens is 381 g/mol. The highest BCUT2D eigenvalue weighted by Crippen LogP contribution is 2.42. The Bertz CT molecular complexity index is 753. The number of likely N-dealkylation sites (N-methyl/N-ethyl adjacent to an activating group) is 1. The molecule has 3 rings (SSSR count). The first-order chi connectivity index (χ1) is 11.0. The molecule has 0 aromatic heterocycles. The molecule has 0 atom stereocenters. The van der Waals surface area contributed by atoms with Crippen molar-refractivity contribution >= 4 is 41.6 Å². The lowest BCUT2D eigenvalue weighted by molar-refractivity contribution is 0.0989. The molecular formula is C18H21Cl2NO3S. The van der Waals surface area contributed by atoms with Crippen molar-refractivity contribution in [3.8, 4) is 5.75 Å². The van der Waals surface area contributed by atoms with E-state index in [1.165, 1.54) is 0 Å². The monoisotopic (exact) mass is 401 g/mol. The lowest BCUT2D eigenvalue weighted by Gasteiger charge is -2.15. The Morgan fingerprint density at radius 2 is 2.00 bits per heavy atom. The van der Waals surface area contributed by atoms with Gasteiger partial charge < -0.3 is 15.1 Å². The van der Waals surface area contributed by atoms with Crippen LogP contribution in [0.25, 0.3) is 0 Å². The first-order valence-corrected chi connectivity index (χ1v) is 8.64. The minimum atomic E-state index is 0. The summed E-state index contributed by atoms with van der Waals surface area (Å²) in [4.78, 5) is 16.6. The molecule has 0 bridgehead atoms. The Morgan fingerprint density at radius 3 is 2.72 bits per heavy atom. The number of halogens is 2. The van der Waals surface area contributed by atoms with Gasteiger partial charge in [-0.3, -0.25) is 4.79 Å². The second-order valence-electron chi connectivity index (χ2n) is 5.74. The summed E-state index contributed by atoms with van der Waals surface area (Å²) in [6, 6.07) is 11.4. The van der Waals surface area contributed by atoms with Gasteiger partial charge in [-0.25, -0.2) is 0 Å². The van der Waals surface area contributed by atoms with Crippen molar-refractivity contribution in [3.05, 3.63) is 52.5 Å². The van der Waals surface area contributed by atoms with Crippen molar-refractivity contribution in [1.82, 2.24) is 4.90 Å². The Morgan fingerprint density at radius 1 is 1.24 bits per heavy atom. The number of hydrogen-bond acceptors (Lipinski definition) is 4. The van der Waals surface area contributed by atoms with Gasteiger partial charge in [0.2, 0.25) is 0 Å². The van der Waals surface area contributed by atoms with Crippen LogP contribution >= 0.6 is 35.8 Å². The quantitative estimate of drug-likeness (QED) is 0.781. The van der Waals surface area contributed by atoms with E-state index in [4.69, 9.17) is 16.3 Å². The van der Waals surface area contributed by atoms with Crippen LogP contribution in [0.5, 0.6) is 5.75 Å². The highest BCUT2D eigenvalue weighted by Gasteiger charge is 2.23. The van der Waals surface area contributed by atoms with Crippen molar-refractivity contribution in [1.29, 1.82) is 0 Å². The van der Waals surface area contributed by atoms with Gasteiger partial charge in [0, 0.05) is 28.4 Å². The molecule has 1 aliphatic heterocycles. The minimum absolute atomic E-state index is 0. The second kappa shape index (κ2) is 9.46. The Labute approximate surface area is 163 Å². The van der Waals surface area contributed by atoms with Gasteiger partial charge in [-0.05, 0) is 50.0 Å². The molecule has 0 fully saturated rings. The predicted octanol–water partition coefficient (Wildman–Crippen LogP) is 3.77. The Balaban J connectivity index is 0.00000156. The molecule has 2 aromatic rings. The van der Waals surface area contributed by atoms with E-state index in [2.05, 4.69) is 4.90 Å². The van der Waals surface area contributed by atoms with Crippen molar-refractivity contribution in [2.45, 2.75) is 16.2 Å². The van der Waals surface area contributed by atoms with Crippen molar-refractivity contribution in [2.24, 2.45) is 0 Å². The molecule has 0 amide bonds. The van der Waals surface area contributed by atoms with E-state index < -0.39 is 0 Å². The zero-order valence-electron chi connectivity index (χ0n) is 14.0. The maximum atomic E-state index is 12.6. The van der Waals surface area contributed by atoms with Gasteiger partial charge in [-0.15, -0.1) is 12.4 Å². The number of benzene rings is 2. The molecule has 0 aliphatic carbocycles. The van der Waals surface area contributed by atoms with Crippen LogP contribution in [0.2, 0.25) is 5.02 Å². The summed E-state index contributed by atoms with van der Waals surface area (Å²) in [6.45, 7) is 1.42. The van der Waals surface area contributed by atoms with Crippen LogP contribution in [0.3, 0.4) is 0 Å².